The Hall–Kier alpha value is -2.17. The van der Waals surface area contributed by atoms with Gasteiger partial charge in [-0.1, -0.05) is 5.18 Å². The van der Waals surface area contributed by atoms with Crippen LogP contribution in [0.2, 0.25) is 0 Å². The summed E-state index contributed by atoms with van der Waals surface area (Å²) in [6.07, 6.45) is -1.59. The van der Waals surface area contributed by atoms with Gasteiger partial charge in [-0.25, -0.2) is 15.0 Å². The molecule has 1 aliphatic rings. The van der Waals surface area contributed by atoms with Gasteiger partial charge in [0.1, 0.15) is 36.7 Å². The molecule has 0 amide bonds. The van der Waals surface area contributed by atoms with Crippen molar-refractivity contribution in [3.63, 3.8) is 0 Å². The maximum absolute atomic E-state index is 10.3. The Morgan fingerprint density at radius 2 is 2.15 bits per heavy atom. The van der Waals surface area contributed by atoms with Crippen molar-refractivity contribution in [1.29, 1.82) is 0 Å². The summed E-state index contributed by atoms with van der Waals surface area (Å²) in [6.45, 7) is -0.252. The molecule has 1 fully saturated rings. The number of rotatable bonds is 3. The maximum atomic E-state index is 10.3. The Bertz CT molecular complexity index is 646. The Morgan fingerprint density at radius 1 is 1.35 bits per heavy atom. The van der Waals surface area contributed by atoms with Crippen LogP contribution in [0.1, 0.15) is 6.23 Å². The van der Waals surface area contributed by atoms with Crippen LogP contribution in [0.5, 0.6) is 0 Å². The number of fused-ring (bicyclic) bond motifs is 1. The summed E-state index contributed by atoms with van der Waals surface area (Å²) in [6, 6.07) is 0. The highest BCUT2D eigenvalue weighted by molar-refractivity contribution is 5.81. The average molecular weight is 280 g/mol. The first-order chi connectivity index (χ1) is 9.63. The molecule has 4 atom stereocenters. The monoisotopic (exact) mass is 280 g/mol. The van der Waals surface area contributed by atoms with E-state index in [-0.39, 0.29) is 12.4 Å². The van der Waals surface area contributed by atoms with Crippen LogP contribution in [0.4, 0.5) is 5.82 Å². The number of ether oxygens (including phenoxy) is 1. The normalized spacial score (nSPS) is 29.9. The minimum absolute atomic E-state index is 0.202. The minimum Gasteiger partial charge on any atom is -0.387 e. The van der Waals surface area contributed by atoms with Crippen molar-refractivity contribution in [2.45, 2.75) is 24.5 Å². The zero-order valence-corrected chi connectivity index (χ0v) is 10.2. The second kappa shape index (κ2) is 4.74. The van der Waals surface area contributed by atoms with Crippen LogP contribution >= 0.6 is 0 Å². The first kappa shape index (κ1) is 12.8. The summed E-state index contributed by atoms with van der Waals surface area (Å²) >= 11 is 0. The Kier molecular flexibility index (Phi) is 3.04. The van der Waals surface area contributed by atoms with Crippen LogP contribution in [0.15, 0.2) is 17.8 Å². The summed E-state index contributed by atoms with van der Waals surface area (Å²) < 4.78 is 6.88. The zero-order valence-electron chi connectivity index (χ0n) is 10.2. The molecule has 106 valence electrons. The van der Waals surface area contributed by atoms with E-state index in [1.165, 1.54) is 17.2 Å². The summed E-state index contributed by atoms with van der Waals surface area (Å²) in [5.41, 5.74) is 6.41. The number of imidazole rings is 1. The number of nitrogens with two attached hydrogens (primary N) is 1. The van der Waals surface area contributed by atoms with Gasteiger partial charge in [0.25, 0.3) is 0 Å². The third kappa shape index (κ3) is 1.81. The molecule has 0 bridgehead atoms. The molecule has 4 N–H and O–H groups in total. The molecule has 10 nitrogen and oxygen atoms in total. The van der Waals surface area contributed by atoms with Crippen LogP contribution < -0.4 is 5.73 Å². The second-order valence-corrected chi connectivity index (χ2v) is 4.44. The largest absolute Gasteiger partial charge is 0.387 e. The van der Waals surface area contributed by atoms with Crippen LogP contribution in [0.3, 0.4) is 0 Å². The van der Waals surface area contributed by atoms with Gasteiger partial charge in [-0.3, -0.25) is 4.57 Å². The predicted molar refractivity (Wildman–Crippen MR) is 66.3 cm³/mol. The van der Waals surface area contributed by atoms with Crippen molar-refractivity contribution in [3.8, 4) is 0 Å². The Balaban J connectivity index is 1.99. The number of nitroso groups, excluding NO2 is 1. The topological polar surface area (TPSA) is 149 Å². The molecule has 1 saturated heterocycles. The number of hydrogen-bond acceptors (Lipinski definition) is 9. The fourth-order valence-electron chi connectivity index (χ4n) is 2.24. The van der Waals surface area contributed by atoms with Gasteiger partial charge in [-0.15, -0.1) is 0 Å². The smallest absolute Gasteiger partial charge is 0.167 e. The summed E-state index contributed by atoms with van der Waals surface area (Å²) in [4.78, 5) is 22.2. The minimum atomic E-state index is -1.23. The lowest BCUT2D eigenvalue weighted by Gasteiger charge is -2.16. The standard InChI is InChI=1S/C10H12N6O4/c11-8-5-9(13-2-12-8)16(3-14-5)10-7(18)6(17)4(20-10)1-15-19/h2-4,6-7,10,17-18H,1H2,(H2,11,12,13)/t4-,6-,7+,10-/m1/s1. The van der Waals surface area contributed by atoms with E-state index in [2.05, 4.69) is 20.1 Å². The van der Waals surface area contributed by atoms with Crippen molar-refractivity contribution in [2.75, 3.05) is 12.3 Å². The van der Waals surface area contributed by atoms with Crippen molar-refractivity contribution in [3.05, 3.63) is 17.6 Å². The molecule has 0 aliphatic carbocycles. The van der Waals surface area contributed by atoms with Crippen molar-refractivity contribution in [1.82, 2.24) is 19.5 Å². The zero-order chi connectivity index (χ0) is 14.3. The van der Waals surface area contributed by atoms with E-state index >= 15 is 0 Å². The fourth-order valence-corrected chi connectivity index (χ4v) is 2.24. The third-order valence-corrected chi connectivity index (χ3v) is 3.25. The van der Waals surface area contributed by atoms with Gasteiger partial charge in [0.15, 0.2) is 17.7 Å². The van der Waals surface area contributed by atoms with Crippen molar-refractivity contribution < 1.29 is 14.9 Å². The number of aliphatic hydroxyl groups is 2. The number of aliphatic hydroxyl groups excluding tert-OH is 2. The maximum Gasteiger partial charge on any atom is 0.167 e. The summed E-state index contributed by atoms with van der Waals surface area (Å²) in [5.74, 6) is 0.202. The molecule has 3 heterocycles. The number of nitrogen functional groups attached to an aromatic ring is 1. The SMILES string of the molecule is Nc1ncnc2c1ncn2[C@@H]1O[C@H](CN=O)[C@@H](O)[C@@H]1O. The van der Waals surface area contributed by atoms with E-state index < -0.39 is 24.5 Å². The van der Waals surface area contributed by atoms with Gasteiger partial charge in [0.2, 0.25) is 0 Å². The quantitative estimate of drug-likeness (QED) is 0.593. The van der Waals surface area contributed by atoms with E-state index in [0.717, 1.165) is 0 Å². The molecule has 0 saturated carbocycles. The first-order valence-corrected chi connectivity index (χ1v) is 5.87. The van der Waals surface area contributed by atoms with E-state index in [0.29, 0.717) is 11.2 Å². The van der Waals surface area contributed by atoms with Gasteiger partial charge in [0.05, 0.1) is 6.33 Å². The second-order valence-electron chi connectivity index (χ2n) is 4.44. The molecule has 2 aromatic heterocycles. The predicted octanol–water partition coefficient (Wildman–Crippen LogP) is -1.21. The van der Waals surface area contributed by atoms with Crippen LogP contribution in [-0.4, -0.2) is 54.6 Å². The number of hydrogen-bond donors (Lipinski definition) is 3. The lowest BCUT2D eigenvalue weighted by molar-refractivity contribution is -0.0321. The highest BCUT2D eigenvalue weighted by atomic mass is 16.6. The lowest BCUT2D eigenvalue weighted by atomic mass is 10.1. The molecule has 0 spiro atoms. The molecule has 1 aliphatic heterocycles. The van der Waals surface area contributed by atoms with Gasteiger partial charge in [0, 0.05) is 0 Å². The molecule has 0 radical (unpaired) electrons. The highest BCUT2D eigenvalue weighted by Gasteiger charge is 2.44. The van der Waals surface area contributed by atoms with E-state index in [9.17, 15) is 15.1 Å². The number of anilines is 1. The Labute approximate surface area is 112 Å². The number of aromatic nitrogens is 4. The van der Waals surface area contributed by atoms with Crippen molar-refractivity contribution in [2.24, 2.45) is 5.18 Å². The van der Waals surface area contributed by atoms with Crippen LogP contribution in [0, 0.1) is 4.91 Å². The lowest BCUT2D eigenvalue weighted by Crippen LogP contribution is -2.32. The molecular weight excluding hydrogens is 268 g/mol. The molecule has 0 aromatic carbocycles. The van der Waals surface area contributed by atoms with Crippen molar-refractivity contribution >= 4 is 17.0 Å². The first-order valence-electron chi connectivity index (χ1n) is 5.87. The van der Waals surface area contributed by atoms with E-state index in [1.54, 1.807) is 0 Å². The van der Waals surface area contributed by atoms with Crippen LogP contribution in [0.25, 0.3) is 11.2 Å². The van der Waals surface area contributed by atoms with E-state index in [4.69, 9.17) is 10.5 Å². The Morgan fingerprint density at radius 3 is 2.90 bits per heavy atom. The molecule has 20 heavy (non-hydrogen) atoms. The summed E-state index contributed by atoms with van der Waals surface area (Å²) in [5, 5.41) is 22.5. The molecule has 2 aromatic rings. The van der Waals surface area contributed by atoms with Gasteiger partial charge in [-0.2, -0.15) is 4.91 Å². The van der Waals surface area contributed by atoms with Crippen LogP contribution in [-0.2, 0) is 4.74 Å². The van der Waals surface area contributed by atoms with Gasteiger partial charge < -0.3 is 20.7 Å². The highest BCUT2D eigenvalue weighted by Crippen LogP contribution is 2.31. The molecule has 3 rings (SSSR count). The fraction of sp³-hybridized carbons (Fsp3) is 0.500. The third-order valence-electron chi connectivity index (χ3n) is 3.25. The number of nitrogens with zero attached hydrogens (tertiary/aromatic N) is 5. The molecular formula is C10H12N6O4. The average Bonchev–Trinajstić information content (AvgIpc) is 2.97. The van der Waals surface area contributed by atoms with Gasteiger partial charge >= 0.3 is 0 Å². The van der Waals surface area contributed by atoms with Gasteiger partial charge in [-0.05, 0) is 0 Å². The van der Waals surface area contributed by atoms with E-state index in [1.807, 2.05) is 0 Å². The molecule has 0 unspecified atom stereocenters. The molecule has 10 heteroatoms. The summed E-state index contributed by atoms with van der Waals surface area (Å²) in [7, 11) is 0.